The molecule has 2 aliphatic rings. The number of ether oxygens (including phenoxy) is 1. The molecule has 0 saturated carbocycles. The molecule has 0 N–H and O–H groups in total. The van der Waals surface area contributed by atoms with E-state index in [0.29, 0.717) is 11.4 Å². The summed E-state index contributed by atoms with van der Waals surface area (Å²) in [5.41, 5.74) is 15.5. The van der Waals surface area contributed by atoms with Crippen LogP contribution in [0.1, 0.15) is 27.8 Å². The van der Waals surface area contributed by atoms with Crippen LogP contribution in [0.5, 0.6) is 11.5 Å². The highest BCUT2D eigenvalue weighted by molar-refractivity contribution is 5.90. The van der Waals surface area contributed by atoms with Crippen molar-refractivity contribution < 1.29 is 4.74 Å². The molecule has 1 aliphatic heterocycles. The summed E-state index contributed by atoms with van der Waals surface area (Å²) in [6.07, 6.45) is 0. The van der Waals surface area contributed by atoms with Gasteiger partial charge in [-0.3, -0.25) is 0 Å². The van der Waals surface area contributed by atoms with Crippen LogP contribution in [0.3, 0.4) is 0 Å². The van der Waals surface area contributed by atoms with Gasteiger partial charge in [-0.2, -0.15) is 5.26 Å². The van der Waals surface area contributed by atoms with Crippen LogP contribution in [0.25, 0.3) is 67.3 Å². The molecular formula is C54H33N3O. The van der Waals surface area contributed by atoms with Gasteiger partial charge in [0.15, 0.2) is 5.82 Å². The Labute approximate surface area is 337 Å². The number of fused-ring (bicyclic) bond motifs is 9. The Bertz CT molecular complexity index is 3050. The predicted octanol–water partition coefficient (Wildman–Crippen LogP) is 13.2. The third kappa shape index (κ3) is 5.22. The van der Waals surface area contributed by atoms with Gasteiger partial charge >= 0.3 is 0 Å². The van der Waals surface area contributed by atoms with Gasteiger partial charge in [0, 0.05) is 27.8 Å². The van der Waals surface area contributed by atoms with E-state index in [1.165, 1.54) is 27.8 Å². The summed E-state index contributed by atoms with van der Waals surface area (Å²) in [7, 11) is 0. The van der Waals surface area contributed by atoms with Crippen molar-refractivity contribution in [3.05, 3.63) is 228 Å². The second-order valence-electron chi connectivity index (χ2n) is 14.8. The summed E-state index contributed by atoms with van der Waals surface area (Å²) >= 11 is 0. The van der Waals surface area contributed by atoms with Crippen LogP contribution in [0, 0.1) is 11.3 Å². The molecule has 2 heterocycles. The number of benzene rings is 8. The molecule has 0 unspecified atom stereocenters. The quantitative estimate of drug-likeness (QED) is 0.176. The van der Waals surface area contributed by atoms with E-state index in [4.69, 9.17) is 14.7 Å². The smallest absolute Gasteiger partial charge is 0.160 e. The highest BCUT2D eigenvalue weighted by Crippen LogP contribution is 2.62. The fraction of sp³-hybridized carbons (Fsp3) is 0.0185. The standard InChI is InChI=1S/C54H33N3O/c55-34-41-17-7-8-18-42(41)39-27-29-51-47(31-39)54(45-21-11-9-19-43(45)44-20-10-12-22-46(44)54)48-32-40(28-30-52(48)58-51)53-56-49(37-15-5-2-6-16-37)33-50(57-53)38-25-23-36(24-26-38)35-13-3-1-4-14-35/h1-33H. The molecule has 58 heavy (non-hydrogen) atoms. The van der Waals surface area contributed by atoms with E-state index < -0.39 is 5.41 Å². The van der Waals surface area contributed by atoms with Gasteiger partial charge in [0.05, 0.1) is 28.4 Å². The molecule has 0 bridgehead atoms. The average Bonchev–Trinajstić information content (AvgIpc) is 3.60. The summed E-state index contributed by atoms with van der Waals surface area (Å²) < 4.78 is 6.86. The lowest BCUT2D eigenvalue weighted by Crippen LogP contribution is -2.32. The Morgan fingerprint density at radius 3 is 1.45 bits per heavy atom. The summed E-state index contributed by atoms with van der Waals surface area (Å²) in [5.74, 6) is 2.20. The Hall–Kier alpha value is -7.87. The van der Waals surface area contributed by atoms with E-state index in [2.05, 4.69) is 158 Å². The number of hydrogen-bond donors (Lipinski definition) is 0. The van der Waals surface area contributed by atoms with Crippen molar-refractivity contribution in [2.75, 3.05) is 0 Å². The molecule has 270 valence electrons. The molecule has 4 heteroatoms. The largest absolute Gasteiger partial charge is 0.457 e. The number of nitriles is 1. The van der Waals surface area contributed by atoms with Crippen LogP contribution in [0.2, 0.25) is 0 Å². The molecule has 4 nitrogen and oxygen atoms in total. The Morgan fingerprint density at radius 1 is 0.379 bits per heavy atom. The van der Waals surface area contributed by atoms with Crippen LogP contribution in [0.4, 0.5) is 0 Å². The van der Waals surface area contributed by atoms with Gasteiger partial charge in [-0.15, -0.1) is 0 Å². The molecule has 8 aromatic carbocycles. The van der Waals surface area contributed by atoms with Crippen LogP contribution in [-0.4, -0.2) is 9.97 Å². The van der Waals surface area contributed by atoms with E-state index in [1.54, 1.807) is 0 Å². The first-order valence-electron chi connectivity index (χ1n) is 19.5. The maximum Gasteiger partial charge on any atom is 0.160 e. The Kier molecular flexibility index (Phi) is 7.74. The molecule has 0 radical (unpaired) electrons. The molecule has 11 rings (SSSR count). The zero-order chi connectivity index (χ0) is 38.6. The second kappa shape index (κ2) is 13.4. The van der Waals surface area contributed by atoms with Crippen molar-refractivity contribution in [1.82, 2.24) is 9.97 Å². The van der Waals surface area contributed by atoms with Gasteiger partial charge in [-0.1, -0.05) is 158 Å². The van der Waals surface area contributed by atoms with Gasteiger partial charge in [-0.05, 0) is 87.0 Å². The first-order chi connectivity index (χ1) is 28.7. The maximum absolute atomic E-state index is 10.1. The first-order valence-corrected chi connectivity index (χ1v) is 19.5. The van der Waals surface area contributed by atoms with Gasteiger partial charge < -0.3 is 4.74 Å². The van der Waals surface area contributed by atoms with Crippen molar-refractivity contribution in [2.24, 2.45) is 0 Å². The number of aromatic nitrogens is 2. The third-order valence-corrected chi connectivity index (χ3v) is 11.6. The highest BCUT2D eigenvalue weighted by Gasteiger charge is 2.51. The van der Waals surface area contributed by atoms with E-state index in [-0.39, 0.29) is 0 Å². The zero-order valence-corrected chi connectivity index (χ0v) is 31.3. The van der Waals surface area contributed by atoms with Gasteiger partial charge in [0.25, 0.3) is 0 Å². The minimum Gasteiger partial charge on any atom is -0.457 e. The molecular weight excluding hydrogens is 707 g/mol. The van der Waals surface area contributed by atoms with Crippen molar-refractivity contribution in [2.45, 2.75) is 5.41 Å². The normalized spacial score (nSPS) is 12.7. The lowest BCUT2D eigenvalue weighted by Gasteiger charge is -2.40. The lowest BCUT2D eigenvalue weighted by molar-refractivity contribution is 0.436. The van der Waals surface area contributed by atoms with E-state index in [0.717, 1.165) is 67.4 Å². The highest BCUT2D eigenvalue weighted by atomic mass is 16.5. The van der Waals surface area contributed by atoms with E-state index in [1.807, 2.05) is 48.5 Å². The predicted molar refractivity (Wildman–Crippen MR) is 231 cm³/mol. The molecule has 0 atom stereocenters. The summed E-state index contributed by atoms with van der Waals surface area (Å²) in [4.78, 5) is 10.5. The molecule has 9 aromatic rings. The van der Waals surface area contributed by atoms with Crippen LogP contribution >= 0.6 is 0 Å². The van der Waals surface area contributed by atoms with Crippen LogP contribution in [-0.2, 0) is 5.41 Å². The first kappa shape index (κ1) is 33.5. The number of rotatable bonds is 5. The Morgan fingerprint density at radius 2 is 0.828 bits per heavy atom. The van der Waals surface area contributed by atoms with Gasteiger partial charge in [0.1, 0.15) is 11.5 Å². The second-order valence-corrected chi connectivity index (χ2v) is 14.8. The van der Waals surface area contributed by atoms with Crippen molar-refractivity contribution in [3.8, 4) is 84.9 Å². The van der Waals surface area contributed by atoms with Crippen molar-refractivity contribution in [1.29, 1.82) is 5.26 Å². The summed E-state index contributed by atoms with van der Waals surface area (Å²) in [5, 5.41) is 10.1. The Balaban J connectivity index is 1.14. The number of hydrogen-bond acceptors (Lipinski definition) is 4. The van der Waals surface area contributed by atoms with Crippen LogP contribution in [0.15, 0.2) is 200 Å². The molecule has 0 saturated heterocycles. The molecule has 1 spiro atoms. The van der Waals surface area contributed by atoms with Gasteiger partial charge in [0.2, 0.25) is 0 Å². The summed E-state index contributed by atoms with van der Waals surface area (Å²) in [6.45, 7) is 0. The molecule has 0 fully saturated rings. The third-order valence-electron chi connectivity index (χ3n) is 11.6. The molecule has 0 amide bonds. The summed E-state index contributed by atoms with van der Waals surface area (Å²) in [6, 6.07) is 71.7. The monoisotopic (exact) mass is 739 g/mol. The number of nitrogens with zero attached hydrogens (tertiary/aromatic N) is 3. The van der Waals surface area contributed by atoms with E-state index >= 15 is 0 Å². The zero-order valence-electron chi connectivity index (χ0n) is 31.3. The topological polar surface area (TPSA) is 58.8 Å². The fourth-order valence-electron chi connectivity index (χ4n) is 8.99. The average molecular weight is 740 g/mol. The van der Waals surface area contributed by atoms with Crippen molar-refractivity contribution >= 4 is 0 Å². The lowest BCUT2D eigenvalue weighted by atomic mass is 9.65. The minimum absolute atomic E-state index is 0.628. The van der Waals surface area contributed by atoms with E-state index in [9.17, 15) is 5.26 Å². The van der Waals surface area contributed by atoms with Crippen molar-refractivity contribution in [3.63, 3.8) is 0 Å². The SMILES string of the molecule is N#Cc1ccccc1-c1ccc2c(c1)C1(c3cc(-c4nc(-c5ccccc5)cc(-c5ccc(-c6ccccc6)cc5)n4)ccc3O2)c2ccccc2-c2ccccc21. The van der Waals surface area contributed by atoms with Crippen LogP contribution < -0.4 is 4.74 Å². The fourth-order valence-corrected chi connectivity index (χ4v) is 8.99. The minimum atomic E-state index is -0.725. The van der Waals surface area contributed by atoms with Gasteiger partial charge in [-0.25, -0.2) is 9.97 Å². The maximum atomic E-state index is 10.1. The molecule has 1 aromatic heterocycles. The molecule has 1 aliphatic carbocycles.